The number of alkyl halides is 5. The van der Waals surface area contributed by atoms with E-state index in [4.69, 9.17) is 15.2 Å². The molecule has 15 heteroatoms. The summed E-state index contributed by atoms with van der Waals surface area (Å²) in [5.41, 5.74) is 4.89. The van der Waals surface area contributed by atoms with Crippen LogP contribution < -0.4 is 19.9 Å². The fourth-order valence-electron chi connectivity index (χ4n) is 6.71. The van der Waals surface area contributed by atoms with Crippen LogP contribution in [-0.4, -0.2) is 33.2 Å². The van der Waals surface area contributed by atoms with Crippen molar-refractivity contribution in [2.24, 2.45) is 22.2 Å². The fraction of sp³-hybridized carbons (Fsp3) is 0.448. The van der Waals surface area contributed by atoms with Crippen molar-refractivity contribution in [1.82, 2.24) is 9.78 Å². The molecular formula is C29H26F6N4O5. The number of fused-ring (bicyclic) bond motifs is 2. The van der Waals surface area contributed by atoms with Gasteiger partial charge in [0.25, 0.3) is 0 Å². The maximum absolute atomic E-state index is 15.0. The van der Waals surface area contributed by atoms with Crippen LogP contribution in [0.4, 0.5) is 26.3 Å². The number of ether oxygens (including phenoxy) is 4. The Morgan fingerprint density at radius 3 is 2.59 bits per heavy atom. The lowest BCUT2D eigenvalue weighted by Gasteiger charge is -2.67. The molecule has 44 heavy (non-hydrogen) atoms. The Labute approximate surface area is 246 Å². The lowest BCUT2D eigenvalue weighted by Crippen LogP contribution is -2.72. The number of hydrogen-bond donors (Lipinski definition) is 2. The molecule has 3 atom stereocenters. The second-order valence-electron chi connectivity index (χ2n) is 11.6. The first-order valence-corrected chi connectivity index (χ1v) is 14.0. The molecular weight excluding hydrogens is 598 g/mol. The van der Waals surface area contributed by atoms with Gasteiger partial charge in [-0.15, -0.1) is 8.78 Å². The highest BCUT2D eigenvalue weighted by Gasteiger charge is 2.69. The topological polar surface area (TPSA) is 113 Å². The predicted octanol–water partition coefficient (Wildman–Crippen LogP) is 6.41. The van der Waals surface area contributed by atoms with Crippen LogP contribution in [0.5, 0.6) is 17.2 Å². The van der Waals surface area contributed by atoms with Gasteiger partial charge in [-0.1, -0.05) is 11.2 Å². The van der Waals surface area contributed by atoms with Crippen LogP contribution in [0.15, 0.2) is 41.6 Å². The molecule has 2 heterocycles. The maximum atomic E-state index is 15.0. The molecule has 0 radical (unpaired) electrons. The standard InChI is InChI=1S/C29H26F6N4O5/c1-13(14-5-8-19-22(9-14)44-29(34,35)43-19)41-21-10-16(6-7-18(21)30)39-23-17(24(37-39)28(31,32)33)3-2-4-20(23)42-25-15-11-27(25,12-15)26(36)38-40/h5-10,13,15,20,25,40H,2-4,11-12H2,1H3,(H2,36,38)/t13-,15?,20?,25?,27?/m0/s1. The highest BCUT2D eigenvalue weighted by atomic mass is 19.4. The highest BCUT2D eigenvalue weighted by molar-refractivity contribution is 5.90. The smallest absolute Gasteiger partial charge is 0.483 e. The van der Waals surface area contributed by atoms with Crippen molar-refractivity contribution < 1.29 is 50.5 Å². The van der Waals surface area contributed by atoms with E-state index in [-0.39, 0.29) is 52.4 Å². The Balaban J connectivity index is 1.21. The van der Waals surface area contributed by atoms with E-state index in [1.54, 1.807) is 6.92 Å². The van der Waals surface area contributed by atoms with E-state index in [1.165, 1.54) is 30.3 Å². The molecule has 1 aliphatic heterocycles. The summed E-state index contributed by atoms with van der Waals surface area (Å²) in [5, 5.41) is 16.3. The summed E-state index contributed by atoms with van der Waals surface area (Å²) >= 11 is 0. The fourth-order valence-corrected chi connectivity index (χ4v) is 6.71. The number of benzene rings is 2. The average Bonchev–Trinajstić information content (AvgIpc) is 3.48. The molecule has 8 rings (SSSR count). The van der Waals surface area contributed by atoms with E-state index in [0.717, 1.165) is 10.7 Å². The number of rotatable bonds is 7. The molecule has 234 valence electrons. The lowest BCUT2D eigenvalue weighted by molar-refractivity contribution is -0.286. The van der Waals surface area contributed by atoms with Gasteiger partial charge in [0.2, 0.25) is 0 Å². The molecule has 3 N–H and O–H groups in total. The van der Waals surface area contributed by atoms with Gasteiger partial charge in [0, 0.05) is 11.6 Å². The third-order valence-electron chi connectivity index (χ3n) is 9.00. The van der Waals surface area contributed by atoms with E-state index >= 15 is 0 Å². The van der Waals surface area contributed by atoms with Crippen molar-refractivity contribution in [3.05, 3.63) is 64.7 Å². The molecule has 0 amide bonds. The molecule has 3 aromatic rings. The normalized spacial score (nSPS) is 27.2. The SMILES string of the molecule is C[C@H](Oc1cc(-n2nc(C(F)(F)F)c3c2C(OC2C4CC2(/C(N)=N/O)C4)CCC3)ccc1F)c1ccc2c(c1)OC(F)(F)O2. The van der Waals surface area contributed by atoms with Gasteiger partial charge >= 0.3 is 12.5 Å². The quantitative estimate of drug-likeness (QED) is 0.103. The molecule has 2 bridgehead atoms. The van der Waals surface area contributed by atoms with Crippen LogP contribution in [0, 0.1) is 17.2 Å². The van der Waals surface area contributed by atoms with Crippen LogP contribution in [0.3, 0.4) is 0 Å². The summed E-state index contributed by atoms with van der Waals surface area (Å²) < 4.78 is 107. The van der Waals surface area contributed by atoms with Crippen LogP contribution in [0.25, 0.3) is 5.69 Å². The van der Waals surface area contributed by atoms with Gasteiger partial charge in [0.05, 0.1) is 22.9 Å². The Hall–Kier alpha value is -4.14. The first-order chi connectivity index (χ1) is 20.8. The molecule has 5 aliphatic rings. The zero-order valence-corrected chi connectivity index (χ0v) is 23.1. The Morgan fingerprint density at radius 1 is 1.16 bits per heavy atom. The van der Waals surface area contributed by atoms with Gasteiger partial charge in [-0.3, -0.25) is 0 Å². The largest absolute Gasteiger partial charge is 0.586 e. The Kier molecular flexibility index (Phi) is 6.30. The summed E-state index contributed by atoms with van der Waals surface area (Å²) in [7, 11) is 0. The minimum absolute atomic E-state index is 0.00285. The van der Waals surface area contributed by atoms with Crippen LogP contribution in [-0.2, 0) is 17.3 Å². The molecule has 0 spiro atoms. The molecule has 2 unspecified atom stereocenters. The summed E-state index contributed by atoms with van der Waals surface area (Å²) in [6, 6.07) is 7.55. The van der Waals surface area contributed by atoms with E-state index in [9.17, 15) is 31.5 Å². The average molecular weight is 625 g/mol. The third-order valence-corrected chi connectivity index (χ3v) is 9.00. The number of hydrogen-bond acceptors (Lipinski definition) is 7. The number of nitrogens with zero attached hydrogens (tertiary/aromatic N) is 3. The third kappa shape index (κ3) is 4.42. The minimum Gasteiger partial charge on any atom is -0.483 e. The van der Waals surface area contributed by atoms with E-state index in [1.807, 2.05) is 0 Å². The number of halogens is 6. The van der Waals surface area contributed by atoms with Crippen LogP contribution >= 0.6 is 0 Å². The first-order valence-electron chi connectivity index (χ1n) is 14.0. The van der Waals surface area contributed by atoms with Gasteiger partial charge in [-0.05, 0) is 74.8 Å². The van der Waals surface area contributed by atoms with Gasteiger partial charge in [-0.25, -0.2) is 9.07 Å². The number of oxime groups is 1. The predicted molar refractivity (Wildman–Crippen MR) is 139 cm³/mol. The first kappa shape index (κ1) is 28.6. The van der Waals surface area contributed by atoms with Gasteiger partial charge in [0.1, 0.15) is 18.0 Å². The van der Waals surface area contributed by atoms with E-state index in [0.29, 0.717) is 31.2 Å². The number of nitrogens with two attached hydrogens (primary N) is 1. The monoisotopic (exact) mass is 624 g/mol. The summed E-state index contributed by atoms with van der Waals surface area (Å²) in [5.74, 6) is -1.30. The van der Waals surface area contributed by atoms with Gasteiger partial charge < -0.3 is 29.9 Å². The summed E-state index contributed by atoms with van der Waals surface area (Å²) in [6.45, 7) is 1.55. The summed E-state index contributed by atoms with van der Waals surface area (Å²) in [6.07, 6.45) is -8.34. The molecule has 3 fully saturated rings. The second kappa shape index (κ2) is 9.68. The van der Waals surface area contributed by atoms with Crippen molar-refractivity contribution in [3.63, 3.8) is 0 Å². The van der Waals surface area contributed by atoms with Crippen molar-refractivity contribution in [3.8, 4) is 22.9 Å². The van der Waals surface area contributed by atoms with Crippen molar-refractivity contribution in [1.29, 1.82) is 0 Å². The molecule has 1 aromatic heterocycles. The summed E-state index contributed by atoms with van der Waals surface area (Å²) in [4.78, 5) is 0. The molecule has 0 saturated heterocycles. The molecule has 4 aliphatic carbocycles. The molecule has 3 saturated carbocycles. The second-order valence-corrected chi connectivity index (χ2v) is 11.6. The zero-order valence-electron chi connectivity index (χ0n) is 23.1. The molecule has 9 nitrogen and oxygen atoms in total. The molecule has 2 aromatic carbocycles. The Bertz CT molecular complexity index is 1670. The van der Waals surface area contributed by atoms with E-state index in [2.05, 4.69) is 19.7 Å². The van der Waals surface area contributed by atoms with Gasteiger partial charge in [0.15, 0.2) is 28.8 Å². The Morgan fingerprint density at radius 2 is 1.91 bits per heavy atom. The van der Waals surface area contributed by atoms with Crippen molar-refractivity contribution in [2.75, 3.05) is 0 Å². The van der Waals surface area contributed by atoms with E-state index < -0.39 is 47.7 Å². The highest BCUT2D eigenvalue weighted by Crippen LogP contribution is 2.67. The lowest BCUT2D eigenvalue weighted by atomic mass is 9.41. The van der Waals surface area contributed by atoms with Gasteiger partial charge in [-0.2, -0.15) is 18.3 Å². The minimum atomic E-state index is -4.75. The van der Waals surface area contributed by atoms with Crippen LogP contribution in [0.2, 0.25) is 0 Å². The van der Waals surface area contributed by atoms with Crippen molar-refractivity contribution in [2.45, 2.75) is 69.8 Å². The van der Waals surface area contributed by atoms with Crippen molar-refractivity contribution >= 4 is 5.84 Å². The van der Waals surface area contributed by atoms with Crippen LogP contribution in [0.1, 0.15) is 67.3 Å². The maximum Gasteiger partial charge on any atom is 0.586 e. The number of aromatic nitrogens is 2. The zero-order chi connectivity index (χ0) is 31.2. The number of amidine groups is 1.